The van der Waals surface area contributed by atoms with E-state index in [1.165, 1.54) is 4.90 Å². The molecule has 10 heteroatoms. The Morgan fingerprint density at radius 2 is 1.98 bits per heavy atom. The summed E-state index contributed by atoms with van der Waals surface area (Å²) in [6.07, 6.45) is 4.39. The first-order valence-corrected chi connectivity index (χ1v) is 14.3. The minimum Gasteiger partial charge on any atom is -0.463 e. The second-order valence-electron chi connectivity index (χ2n) is 11.2. The molecule has 2 bridgehead atoms. The number of fused-ring (bicyclic) bond motifs is 1. The fraction of sp³-hybridized carbons (Fsp3) is 0.548. The van der Waals surface area contributed by atoms with Crippen molar-refractivity contribution in [3.63, 3.8) is 0 Å². The Hall–Kier alpha value is -3.50. The minimum absolute atomic E-state index is 0.0385. The largest absolute Gasteiger partial charge is 0.463 e. The molecule has 10 nitrogen and oxygen atoms in total. The summed E-state index contributed by atoms with van der Waals surface area (Å²) in [5.41, 5.74) is -0.412. The molecule has 0 radical (unpaired) electrons. The van der Waals surface area contributed by atoms with E-state index in [0.717, 1.165) is 5.56 Å². The summed E-state index contributed by atoms with van der Waals surface area (Å²) in [6, 6.07) is 7.43. The molecule has 0 aliphatic carbocycles. The Morgan fingerprint density at radius 3 is 2.61 bits per heavy atom. The molecule has 4 rings (SSSR count). The van der Waals surface area contributed by atoms with Crippen molar-refractivity contribution in [2.24, 2.45) is 11.8 Å². The molecule has 3 fully saturated rings. The van der Waals surface area contributed by atoms with Crippen molar-refractivity contribution in [3.05, 3.63) is 61.2 Å². The van der Waals surface area contributed by atoms with E-state index in [2.05, 4.69) is 18.5 Å². The molecule has 3 aliphatic heterocycles. The average molecular weight is 568 g/mol. The number of likely N-dealkylation sites (tertiary alicyclic amines) is 1. The monoisotopic (exact) mass is 567 g/mol. The molecule has 2 N–H and O–H groups in total. The first kappa shape index (κ1) is 30.5. The van der Waals surface area contributed by atoms with Crippen molar-refractivity contribution < 1.29 is 33.8 Å². The number of nitrogens with one attached hydrogen (secondary N) is 1. The lowest BCUT2D eigenvalue weighted by atomic mass is 9.70. The number of aliphatic hydroxyl groups is 1. The van der Waals surface area contributed by atoms with Crippen LogP contribution in [0, 0.1) is 11.8 Å². The minimum atomic E-state index is -1.16. The Labute approximate surface area is 241 Å². The van der Waals surface area contributed by atoms with Crippen molar-refractivity contribution in [1.29, 1.82) is 0 Å². The van der Waals surface area contributed by atoms with Gasteiger partial charge in [-0.3, -0.25) is 19.2 Å². The van der Waals surface area contributed by atoms with Crippen molar-refractivity contribution in [3.8, 4) is 0 Å². The molecular weight excluding hydrogens is 526 g/mol. The van der Waals surface area contributed by atoms with E-state index < -0.39 is 47.5 Å². The highest BCUT2D eigenvalue weighted by atomic mass is 16.5. The zero-order valence-electron chi connectivity index (χ0n) is 23.9. The van der Waals surface area contributed by atoms with Crippen LogP contribution >= 0.6 is 0 Å². The van der Waals surface area contributed by atoms with Gasteiger partial charge in [0.15, 0.2) is 0 Å². The predicted octanol–water partition coefficient (Wildman–Crippen LogP) is 2.14. The number of rotatable bonds is 14. The number of allylic oxidation sites excluding steroid dienone is 1. The van der Waals surface area contributed by atoms with Crippen LogP contribution in [0.5, 0.6) is 0 Å². The average Bonchev–Trinajstić information content (AvgIpc) is 3.60. The van der Waals surface area contributed by atoms with Crippen LogP contribution in [-0.2, 0) is 28.7 Å². The van der Waals surface area contributed by atoms with Gasteiger partial charge in [-0.05, 0) is 38.7 Å². The summed E-state index contributed by atoms with van der Waals surface area (Å²) >= 11 is 0. The van der Waals surface area contributed by atoms with E-state index in [1.54, 1.807) is 17.1 Å². The van der Waals surface area contributed by atoms with Gasteiger partial charge >= 0.3 is 5.97 Å². The van der Waals surface area contributed by atoms with Gasteiger partial charge in [0.1, 0.15) is 18.2 Å². The van der Waals surface area contributed by atoms with Crippen molar-refractivity contribution in [2.75, 3.05) is 26.3 Å². The van der Waals surface area contributed by atoms with Gasteiger partial charge in [-0.2, -0.15) is 0 Å². The standard InChI is InChI=1S/C31H41N3O7/c1-5-7-13-24(36)40-19-22(21-11-9-8-10-12-21)32-28(37)25-23-14-15-31(41-23)26(25)29(38)34(17-18-35)27(31)30(39)33(16-6-2)20(3)4/h5-6,8-12,20,22-23,25-27,35H,1-2,7,13-19H2,3-4H3,(H,32,37)/t22-,23-,25+,26+,27-,31+/m1/s1. The number of hydrogen-bond donors (Lipinski definition) is 2. The SMILES string of the molecule is C=CCCC(=O)OC[C@@H](NC(=O)[C@@H]1[C@H]2C(=O)N(CCO)[C@H](C(=O)N(CC=C)C(C)C)[C@]23CC[C@H]1O3)c1ccccc1. The topological polar surface area (TPSA) is 125 Å². The number of amides is 3. The van der Waals surface area contributed by atoms with Gasteiger partial charge in [-0.15, -0.1) is 13.2 Å². The first-order valence-electron chi connectivity index (χ1n) is 14.3. The van der Waals surface area contributed by atoms with Crippen LogP contribution in [0.15, 0.2) is 55.6 Å². The number of carbonyl (C=O) groups is 4. The van der Waals surface area contributed by atoms with Crippen LogP contribution < -0.4 is 5.32 Å². The molecule has 1 aromatic carbocycles. The first-order chi connectivity index (χ1) is 19.7. The zero-order chi connectivity index (χ0) is 29.7. The van der Waals surface area contributed by atoms with E-state index >= 15 is 0 Å². The number of aliphatic hydroxyl groups excluding tert-OH is 1. The highest BCUT2D eigenvalue weighted by Crippen LogP contribution is 2.58. The lowest BCUT2D eigenvalue weighted by molar-refractivity contribution is -0.149. The summed E-state index contributed by atoms with van der Waals surface area (Å²) in [5, 5.41) is 12.8. The van der Waals surface area contributed by atoms with Gasteiger partial charge in [0.05, 0.1) is 30.6 Å². The highest BCUT2D eigenvalue weighted by Gasteiger charge is 2.74. The summed E-state index contributed by atoms with van der Waals surface area (Å²) in [5.74, 6) is -3.14. The fourth-order valence-corrected chi connectivity index (χ4v) is 6.58. The third kappa shape index (κ3) is 5.81. The molecular formula is C31H41N3O7. The summed E-state index contributed by atoms with van der Waals surface area (Å²) in [7, 11) is 0. The van der Waals surface area contributed by atoms with E-state index in [9.17, 15) is 24.3 Å². The van der Waals surface area contributed by atoms with Crippen LogP contribution in [0.1, 0.15) is 51.1 Å². The molecule has 3 saturated heterocycles. The van der Waals surface area contributed by atoms with Gasteiger partial charge in [-0.1, -0.05) is 42.5 Å². The zero-order valence-corrected chi connectivity index (χ0v) is 23.9. The molecule has 222 valence electrons. The number of hydrogen-bond acceptors (Lipinski definition) is 7. The predicted molar refractivity (Wildman–Crippen MR) is 151 cm³/mol. The molecule has 3 amide bonds. The van der Waals surface area contributed by atoms with Crippen molar-refractivity contribution >= 4 is 23.7 Å². The Morgan fingerprint density at radius 1 is 1.24 bits per heavy atom. The van der Waals surface area contributed by atoms with E-state index in [0.29, 0.717) is 25.8 Å². The van der Waals surface area contributed by atoms with Gasteiger partial charge in [0, 0.05) is 25.6 Å². The second kappa shape index (κ2) is 13.0. The number of benzene rings is 1. The summed E-state index contributed by atoms with van der Waals surface area (Å²) < 4.78 is 11.9. The van der Waals surface area contributed by atoms with Crippen LogP contribution in [0.4, 0.5) is 0 Å². The lowest BCUT2D eigenvalue weighted by Crippen LogP contribution is -2.57. The van der Waals surface area contributed by atoms with Gasteiger partial charge in [-0.25, -0.2) is 0 Å². The summed E-state index contributed by atoms with van der Waals surface area (Å²) in [4.78, 5) is 57.0. The maximum Gasteiger partial charge on any atom is 0.306 e. The number of ether oxygens (including phenoxy) is 2. The molecule has 0 saturated carbocycles. The van der Waals surface area contributed by atoms with E-state index in [-0.39, 0.29) is 44.0 Å². The molecule has 0 unspecified atom stereocenters. The molecule has 0 aromatic heterocycles. The quantitative estimate of drug-likeness (QED) is 0.261. The van der Waals surface area contributed by atoms with Crippen LogP contribution in [0.2, 0.25) is 0 Å². The normalized spacial score (nSPS) is 26.9. The number of esters is 1. The van der Waals surface area contributed by atoms with Gasteiger partial charge in [0.2, 0.25) is 17.7 Å². The van der Waals surface area contributed by atoms with Crippen LogP contribution in [0.3, 0.4) is 0 Å². The molecule has 1 aromatic rings. The number of nitrogens with zero attached hydrogens (tertiary/aromatic N) is 2. The molecule has 3 heterocycles. The third-order valence-corrected chi connectivity index (χ3v) is 8.39. The molecule has 6 atom stereocenters. The molecule has 41 heavy (non-hydrogen) atoms. The Kier molecular flexibility index (Phi) is 9.65. The van der Waals surface area contributed by atoms with Gasteiger partial charge < -0.3 is 29.7 Å². The molecule has 3 aliphatic rings. The maximum absolute atomic E-state index is 14.0. The van der Waals surface area contributed by atoms with Crippen LogP contribution in [-0.4, -0.2) is 88.7 Å². The highest BCUT2D eigenvalue weighted by molar-refractivity contribution is 5.99. The lowest BCUT2D eigenvalue weighted by Gasteiger charge is -2.38. The van der Waals surface area contributed by atoms with E-state index in [4.69, 9.17) is 9.47 Å². The number of β-amino-alcohol motifs (C(OH)–C–C–N with tert-alkyl or cyclic N) is 1. The third-order valence-electron chi connectivity index (χ3n) is 8.39. The van der Waals surface area contributed by atoms with E-state index in [1.807, 2.05) is 44.2 Å². The smallest absolute Gasteiger partial charge is 0.306 e. The Balaban J connectivity index is 1.61. The van der Waals surface area contributed by atoms with Crippen molar-refractivity contribution in [1.82, 2.24) is 15.1 Å². The summed E-state index contributed by atoms with van der Waals surface area (Å²) in [6.45, 7) is 11.0. The maximum atomic E-state index is 14.0. The van der Waals surface area contributed by atoms with Crippen molar-refractivity contribution in [2.45, 2.75) is 69.4 Å². The Bertz CT molecular complexity index is 1160. The number of carbonyl (C=O) groups excluding carboxylic acids is 4. The fourth-order valence-electron chi connectivity index (χ4n) is 6.58. The van der Waals surface area contributed by atoms with Crippen LogP contribution in [0.25, 0.3) is 0 Å². The second-order valence-corrected chi connectivity index (χ2v) is 11.2. The molecule has 1 spiro atoms. The van der Waals surface area contributed by atoms with Gasteiger partial charge in [0.25, 0.3) is 0 Å².